The van der Waals surface area contributed by atoms with Gasteiger partial charge in [0.15, 0.2) is 10.8 Å². The van der Waals surface area contributed by atoms with Crippen molar-refractivity contribution in [2.75, 3.05) is 0 Å². The van der Waals surface area contributed by atoms with E-state index in [9.17, 15) is 4.79 Å². The van der Waals surface area contributed by atoms with Crippen LogP contribution >= 0.6 is 34.8 Å². The molecule has 128 valence electrons. The van der Waals surface area contributed by atoms with E-state index in [1.807, 2.05) is 45.0 Å². The number of hydrogen-bond acceptors (Lipinski definition) is 3. The predicted octanol–water partition coefficient (Wildman–Crippen LogP) is 5.01. The molecule has 2 rings (SSSR count). The van der Waals surface area contributed by atoms with Gasteiger partial charge in [-0.15, -0.1) is 0 Å². The van der Waals surface area contributed by atoms with Crippen LogP contribution in [0.1, 0.15) is 31.9 Å². The molecule has 24 heavy (non-hydrogen) atoms. The third-order valence-electron chi connectivity index (χ3n) is 3.17. The lowest BCUT2D eigenvalue weighted by Gasteiger charge is -2.21. The van der Waals surface area contributed by atoms with E-state index in [1.54, 1.807) is 6.08 Å². The summed E-state index contributed by atoms with van der Waals surface area (Å²) in [6, 6.07) is 7.47. The Labute approximate surface area is 155 Å². The van der Waals surface area contributed by atoms with Crippen molar-refractivity contribution >= 4 is 40.9 Å². The van der Waals surface area contributed by atoms with E-state index >= 15 is 0 Å². The number of ether oxygens (including phenoxy) is 1. The lowest BCUT2D eigenvalue weighted by atomic mass is 10.1. The lowest BCUT2D eigenvalue weighted by Crippen LogP contribution is -2.36. The fourth-order valence-electron chi connectivity index (χ4n) is 1.99. The molecule has 7 heteroatoms. The maximum atomic E-state index is 12.3. The number of benzene rings is 1. The molecule has 4 nitrogen and oxygen atoms in total. The highest BCUT2D eigenvalue weighted by atomic mass is 35.5. The summed E-state index contributed by atoms with van der Waals surface area (Å²) in [6.07, 6.45) is 3.10. The molecule has 2 aromatic rings. The average Bonchev–Trinajstić information content (AvgIpc) is 2.48. The third kappa shape index (κ3) is 4.76. The second-order valence-corrected chi connectivity index (χ2v) is 7.56. The summed E-state index contributed by atoms with van der Waals surface area (Å²) in [4.78, 5) is 12.3. The van der Waals surface area contributed by atoms with Gasteiger partial charge < -0.3 is 4.74 Å². The molecule has 1 heterocycles. The molecule has 0 atom stereocenters. The molecule has 0 bridgehead atoms. The van der Waals surface area contributed by atoms with Crippen LogP contribution in [0.5, 0.6) is 5.75 Å². The van der Waals surface area contributed by atoms with Crippen molar-refractivity contribution in [3.8, 4) is 5.75 Å². The summed E-state index contributed by atoms with van der Waals surface area (Å²) in [7, 11) is 0. The molecule has 0 N–H and O–H groups in total. The molecule has 0 spiro atoms. The molecule has 0 fully saturated rings. The SMILES string of the molecule is CC(C)(C)n1ncc(OCc2ccc(C=C(Cl)Cl)cc2)c(Cl)c1=O. The minimum atomic E-state index is -0.452. The highest BCUT2D eigenvalue weighted by molar-refractivity contribution is 6.57. The van der Waals surface area contributed by atoms with Gasteiger partial charge in [-0.3, -0.25) is 4.79 Å². The van der Waals surface area contributed by atoms with Gasteiger partial charge in [-0.2, -0.15) is 5.10 Å². The van der Waals surface area contributed by atoms with Crippen molar-refractivity contribution in [1.29, 1.82) is 0 Å². The van der Waals surface area contributed by atoms with Crippen LogP contribution in [0.15, 0.2) is 39.7 Å². The molecular weight excluding hydrogens is 371 g/mol. The van der Waals surface area contributed by atoms with Crippen LogP contribution in [-0.4, -0.2) is 9.78 Å². The van der Waals surface area contributed by atoms with Crippen molar-refractivity contribution in [2.24, 2.45) is 0 Å². The Hall–Kier alpha value is -1.49. The lowest BCUT2D eigenvalue weighted by molar-refractivity contribution is 0.292. The number of aromatic nitrogens is 2. The van der Waals surface area contributed by atoms with Gasteiger partial charge in [-0.05, 0) is 38.0 Å². The Morgan fingerprint density at radius 2 is 1.88 bits per heavy atom. The van der Waals surface area contributed by atoms with Crippen LogP contribution in [0, 0.1) is 0 Å². The van der Waals surface area contributed by atoms with Crippen molar-refractivity contribution < 1.29 is 4.74 Å². The Balaban J connectivity index is 2.14. The van der Waals surface area contributed by atoms with Gasteiger partial charge in [0, 0.05) is 0 Å². The average molecular weight is 388 g/mol. The molecule has 0 unspecified atom stereocenters. The number of nitrogens with zero attached hydrogens (tertiary/aromatic N) is 2. The van der Waals surface area contributed by atoms with Gasteiger partial charge in [-0.1, -0.05) is 59.1 Å². The first-order valence-electron chi connectivity index (χ1n) is 7.21. The fourth-order valence-corrected chi connectivity index (χ4v) is 2.43. The van der Waals surface area contributed by atoms with Gasteiger partial charge in [0.2, 0.25) is 0 Å². The Morgan fingerprint density at radius 1 is 1.25 bits per heavy atom. The van der Waals surface area contributed by atoms with Crippen LogP contribution in [0.2, 0.25) is 5.02 Å². The van der Waals surface area contributed by atoms with E-state index in [0.717, 1.165) is 11.1 Å². The summed E-state index contributed by atoms with van der Waals surface area (Å²) in [6.45, 7) is 5.89. The molecule has 1 aromatic carbocycles. The highest BCUT2D eigenvalue weighted by Crippen LogP contribution is 2.22. The van der Waals surface area contributed by atoms with Crippen LogP contribution in [-0.2, 0) is 12.1 Å². The zero-order valence-corrected chi connectivity index (χ0v) is 15.8. The van der Waals surface area contributed by atoms with E-state index in [0.29, 0.717) is 0 Å². The normalized spacial score (nSPS) is 11.2. The molecule has 0 saturated carbocycles. The van der Waals surface area contributed by atoms with Crippen LogP contribution in [0.25, 0.3) is 6.08 Å². The second kappa shape index (κ2) is 7.60. The molecule has 0 aliphatic heterocycles. The highest BCUT2D eigenvalue weighted by Gasteiger charge is 2.19. The van der Waals surface area contributed by atoms with Gasteiger partial charge >= 0.3 is 0 Å². The third-order valence-corrected chi connectivity index (χ3v) is 3.74. The van der Waals surface area contributed by atoms with E-state index in [2.05, 4.69) is 5.10 Å². The maximum Gasteiger partial charge on any atom is 0.289 e. The Kier molecular flexibility index (Phi) is 5.97. The van der Waals surface area contributed by atoms with E-state index in [1.165, 1.54) is 10.9 Å². The molecule has 0 amide bonds. The number of halogens is 3. The van der Waals surface area contributed by atoms with Crippen LogP contribution < -0.4 is 10.3 Å². The van der Waals surface area contributed by atoms with Crippen molar-refractivity contribution in [3.63, 3.8) is 0 Å². The Morgan fingerprint density at radius 3 is 2.42 bits per heavy atom. The predicted molar refractivity (Wildman–Crippen MR) is 99.0 cm³/mol. The van der Waals surface area contributed by atoms with Gasteiger partial charge in [-0.25, -0.2) is 4.68 Å². The topological polar surface area (TPSA) is 44.1 Å². The largest absolute Gasteiger partial charge is 0.485 e. The van der Waals surface area contributed by atoms with Gasteiger partial charge in [0.25, 0.3) is 5.56 Å². The summed E-state index contributed by atoms with van der Waals surface area (Å²) in [5.74, 6) is 0.259. The number of rotatable bonds is 4. The quantitative estimate of drug-likeness (QED) is 0.741. The molecule has 0 saturated heterocycles. The van der Waals surface area contributed by atoms with E-state index in [4.69, 9.17) is 39.5 Å². The van der Waals surface area contributed by atoms with E-state index < -0.39 is 5.54 Å². The first-order valence-corrected chi connectivity index (χ1v) is 8.34. The van der Waals surface area contributed by atoms with Crippen molar-refractivity contribution in [3.05, 3.63) is 61.5 Å². The monoisotopic (exact) mass is 386 g/mol. The summed E-state index contributed by atoms with van der Waals surface area (Å²) in [5, 5.41) is 4.15. The molecule has 0 radical (unpaired) electrons. The summed E-state index contributed by atoms with van der Waals surface area (Å²) in [5.41, 5.74) is 0.964. The van der Waals surface area contributed by atoms with Crippen molar-refractivity contribution in [1.82, 2.24) is 9.78 Å². The molecule has 0 aliphatic carbocycles. The van der Waals surface area contributed by atoms with Crippen LogP contribution in [0.3, 0.4) is 0 Å². The van der Waals surface area contributed by atoms with Crippen molar-refractivity contribution in [2.45, 2.75) is 32.9 Å². The standard InChI is InChI=1S/C17H17Cl3N2O2/c1-17(2,3)22-16(23)15(20)13(9-21-22)24-10-12-6-4-11(5-7-12)8-14(18)19/h4-9H,10H2,1-3H3. The fraction of sp³-hybridized carbons (Fsp3) is 0.294. The zero-order chi connectivity index (χ0) is 17.9. The minimum Gasteiger partial charge on any atom is -0.485 e. The maximum absolute atomic E-state index is 12.3. The summed E-state index contributed by atoms with van der Waals surface area (Å²) >= 11 is 17.4. The molecule has 1 aromatic heterocycles. The van der Waals surface area contributed by atoms with Crippen LogP contribution in [0.4, 0.5) is 0 Å². The van der Waals surface area contributed by atoms with Gasteiger partial charge in [0.05, 0.1) is 11.7 Å². The molecule has 0 aliphatic rings. The van der Waals surface area contributed by atoms with Gasteiger partial charge in [0.1, 0.15) is 11.1 Å². The Bertz CT molecular complexity index is 802. The minimum absolute atomic E-state index is 0.0217. The molecular formula is C17H17Cl3N2O2. The first-order chi connectivity index (χ1) is 11.2. The smallest absolute Gasteiger partial charge is 0.289 e. The first kappa shape index (κ1) is 18.8. The second-order valence-electron chi connectivity index (χ2n) is 6.17. The van der Waals surface area contributed by atoms with E-state index in [-0.39, 0.29) is 27.4 Å². The zero-order valence-electron chi connectivity index (χ0n) is 13.5. The summed E-state index contributed by atoms with van der Waals surface area (Å²) < 4.78 is 7.14. The number of hydrogen-bond donors (Lipinski definition) is 0.